The van der Waals surface area contributed by atoms with Gasteiger partial charge in [0.2, 0.25) is 0 Å². The minimum absolute atomic E-state index is 0.447. The summed E-state index contributed by atoms with van der Waals surface area (Å²) in [5.74, 6) is -1.61. The third-order valence-electron chi connectivity index (χ3n) is 4.66. The van der Waals surface area contributed by atoms with Gasteiger partial charge in [-0.2, -0.15) is 0 Å². The highest BCUT2D eigenvalue weighted by atomic mass is 16.2. The van der Waals surface area contributed by atoms with Crippen LogP contribution >= 0.6 is 0 Å². The number of benzene rings is 2. The van der Waals surface area contributed by atoms with Crippen molar-refractivity contribution in [3.05, 3.63) is 59.9 Å². The number of nitrogens with zero attached hydrogens (tertiary/aromatic N) is 2. The number of anilines is 4. The lowest BCUT2D eigenvalue weighted by atomic mass is 10.1. The second-order valence-corrected chi connectivity index (χ2v) is 7.08. The molecule has 2 amide bonds. The van der Waals surface area contributed by atoms with Crippen LogP contribution < -0.4 is 22.1 Å². The lowest BCUT2D eigenvalue weighted by molar-refractivity contribution is -0.132. The molecule has 0 spiro atoms. The number of pyridine rings is 2. The van der Waals surface area contributed by atoms with Gasteiger partial charge >= 0.3 is 11.8 Å². The van der Waals surface area contributed by atoms with Crippen LogP contribution in [0.15, 0.2) is 48.5 Å². The number of carbonyl (C=O) groups is 2. The highest BCUT2D eigenvalue weighted by Gasteiger charge is 2.15. The van der Waals surface area contributed by atoms with Crippen LogP contribution in [-0.2, 0) is 9.59 Å². The number of amides is 2. The van der Waals surface area contributed by atoms with E-state index in [1.165, 1.54) is 0 Å². The summed E-state index contributed by atoms with van der Waals surface area (Å²) in [4.78, 5) is 33.5. The largest absolute Gasteiger partial charge is 0.398 e. The van der Waals surface area contributed by atoms with E-state index in [1.807, 2.05) is 13.8 Å². The van der Waals surface area contributed by atoms with Crippen molar-refractivity contribution in [1.29, 1.82) is 0 Å². The predicted molar refractivity (Wildman–Crippen MR) is 119 cm³/mol. The number of hydrogen-bond donors (Lipinski definition) is 4. The molecule has 0 bridgehead atoms. The number of carbonyl (C=O) groups excluding carboxylic acids is 2. The van der Waals surface area contributed by atoms with Crippen molar-refractivity contribution in [3.63, 3.8) is 0 Å². The monoisotopic (exact) mass is 400 g/mol. The van der Waals surface area contributed by atoms with E-state index in [9.17, 15) is 9.59 Å². The topological polar surface area (TPSA) is 136 Å². The normalized spacial score (nSPS) is 10.9. The molecule has 0 aliphatic rings. The number of nitrogens with two attached hydrogens (primary N) is 2. The van der Waals surface area contributed by atoms with Gasteiger partial charge in [-0.05, 0) is 62.4 Å². The molecule has 30 heavy (non-hydrogen) atoms. The Morgan fingerprint density at radius 3 is 1.50 bits per heavy atom. The SMILES string of the molecule is Cc1cc(N)c2cc(NC(=O)C(=O)Nc3ccc4nc(C)cc(N)c4c3)ccc2n1. The zero-order chi connectivity index (χ0) is 21.4. The van der Waals surface area contributed by atoms with Crippen LogP contribution in [0, 0.1) is 13.8 Å². The van der Waals surface area contributed by atoms with E-state index in [0.29, 0.717) is 44.6 Å². The van der Waals surface area contributed by atoms with Gasteiger partial charge in [0.1, 0.15) is 0 Å². The molecule has 8 nitrogen and oxygen atoms in total. The molecule has 0 saturated carbocycles. The highest BCUT2D eigenvalue weighted by molar-refractivity contribution is 6.43. The summed E-state index contributed by atoms with van der Waals surface area (Å²) >= 11 is 0. The van der Waals surface area contributed by atoms with E-state index in [-0.39, 0.29) is 0 Å². The molecule has 0 unspecified atom stereocenters. The van der Waals surface area contributed by atoms with Gasteiger partial charge in [0.25, 0.3) is 0 Å². The van der Waals surface area contributed by atoms with E-state index >= 15 is 0 Å². The van der Waals surface area contributed by atoms with Gasteiger partial charge in [-0.25, -0.2) is 0 Å². The zero-order valence-corrected chi connectivity index (χ0v) is 16.5. The number of nitrogen functional groups attached to an aromatic ring is 2. The number of nitrogens with one attached hydrogen (secondary N) is 2. The summed E-state index contributed by atoms with van der Waals surface area (Å²) < 4.78 is 0. The Hall–Kier alpha value is -4.20. The molecule has 0 radical (unpaired) electrons. The van der Waals surface area contributed by atoms with Crippen LogP contribution in [0.5, 0.6) is 0 Å². The molecule has 4 aromatic rings. The van der Waals surface area contributed by atoms with E-state index in [0.717, 1.165) is 11.4 Å². The average molecular weight is 400 g/mol. The standard InChI is InChI=1S/C22H20N6O2/c1-11-7-17(23)15-9-13(3-5-19(15)25-11)27-21(29)22(30)28-14-4-6-20-16(10-14)18(24)8-12(2)26-20/h3-10H,1-2H3,(H2,23,25)(H2,24,26)(H,27,29)(H,28,30). The van der Waals surface area contributed by atoms with Gasteiger partial charge < -0.3 is 22.1 Å². The van der Waals surface area contributed by atoms with Gasteiger partial charge in [0.15, 0.2) is 0 Å². The molecule has 0 aliphatic heterocycles. The Balaban J connectivity index is 1.52. The van der Waals surface area contributed by atoms with Crippen LogP contribution in [0.4, 0.5) is 22.7 Å². The second kappa shape index (κ2) is 7.32. The summed E-state index contributed by atoms with van der Waals surface area (Å²) in [6.45, 7) is 3.71. The molecule has 8 heteroatoms. The number of aromatic nitrogens is 2. The van der Waals surface area contributed by atoms with Gasteiger partial charge in [-0.3, -0.25) is 19.6 Å². The molecule has 2 heterocycles. The van der Waals surface area contributed by atoms with Crippen LogP contribution in [0.2, 0.25) is 0 Å². The van der Waals surface area contributed by atoms with Crippen LogP contribution in [-0.4, -0.2) is 21.8 Å². The zero-order valence-electron chi connectivity index (χ0n) is 16.5. The van der Waals surface area contributed by atoms with E-state index in [1.54, 1.807) is 48.5 Å². The molecular formula is C22H20N6O2. The van der Waals surface area contributed by atoms with Crippen molar-refractivity contribution in [2.45, 2.75) is 13.8 Å². The molecule has 0 atom stereocenters. The van der Waals surface area contributed by atoms with Crippen LogP contribution in [0.25, 0.3) is 21.8 Å². The van der Waals surface area contributed by atoms with Crippen molar-refractivity contribution < 1.29 is 9.59 Å². The number of hydrogen-bond acceptors (Lipinski definition) is 6. The third kappa shape index (κ3) is 3.70. The van der Waals surface area contributed by atoms with Crippen molar-refractivity contribution in [1.82, 2.24) is 9.97 Å². The minimum atomic E-state index is -0.803. The van der Waals surface area contributed by atoms with Crippen molar-refractivity contribution in [2.75, 3.05) is 22.1 Å². The van der Waals surface area contributed by atoms with Crippen molar-refractivity contribution in [2.24, 2.45) is 0 Å². The third-order valence-corrected chi connectivity index (χ3v) is 4.66. The fraction of sp³-hybridized carbons (Fsp3) is 0.0909. The summed E-state index contributed by atoms with van der Waals surface area (Å²) in [7, 11) is 0. The molecular weight excluding hydrogens is 380 g/mol. The Morgan fingerprint density at radius 1 is 0.700 bits per heavy atom. The second-order valence-electron chi connectivity index (χ2n) is 7.08. The molecule has 6 N–H and O–H groups in total. The molecule has 2 aromatic heterocycles. The van der Waals surface area contributed by atoms with Gasteiger partial charge in [-0.1, -0.05) is 0 Å². The maximum atomic E-state index is 12.4. The molecule has 0 aliphatic carbocycles. The van der Waals surface area contributed by atoms with E-state index in [2.05, 4.69) is 20.6 Å². The molecule has 4 rings (SSSR count). The summed E-state index contributed by atoms with van der Waals surface area (Å²) in [6, 6.07) is 13.7. The summed E-state index contributed by atoms with van der Waals surface area (Å²) in [5, 5.41) is 6.56. The van der Waals surface area contributed by atoms with Gasteiger partial charge in [0, 0.05) is 44.9 Å². The predicted octanol–water partition coefficient (Wildman–Crippen LogP) is 3.14. The Labute approximate surface area is 172 Å². The quantitative estimate of drug-likeness (QED) is 0.382. The first-order valence-electron chi connectivity index (χ1n) is 9.26. The van der Waals surface area contributed by atoms with E-state index in [4.69, 9.17) is 11.5 Å². The van der Waals surface area contributed by atoms with Crippen LogP contribution in [0.3, 0.4) is 0 Å². The summed E-state index contributed by atoms with van der Waals surface area (Å²) in [5.41, 5.74) is 17.1. The Bertz CT molecular complexity index is 1230. The maximum absolute atomic E-state index is 12.4. The fourth-order valence-electron chi connectivity index (χ4n) is 3.31. The van der Waals surface area contributed by atoms with E-state index < -0.39 is 11.8 Å². The average Bonchev–Trinajstić information content (AvgIpc) is 2.68. The molecule has 0 saturated heterocycles. The first kappa shape index (κ1) is 19.1. The molecule has 2 aromatic carbocycles. The van der Waals surface area contributed by atoms with Crippen molar-refractivity contribution in [3.8, 4) is 0 Å². The fourth-order valence-corrected chi connectivity index (χ4v) is 3.31. The number of aryl methyl sites for hydroxylation is 2. The minimum Gasteiger partial charge on any atom is -0.398 e. The Morgan fingerprint density at radius 2 is 1.10 bits per heavy atom. The van der Waals surface area contributed by atoms with Crippen molar-refractivity contribution >= 4 is 56.4 Å². The van der Waals surface area contributed by atoms with Gasteiger partial charge in [0.05, 0.1) is 11.0 Å². The molecule has 150 valence electrons. The lowest BCUT2D eigenvalue weighted by Crippen LogP contribution is -2.29. The smallest absolute Gasteiger partial charge is 0.314 e. The summed E-state index contributed by atoms with van der Waals surface area (Å²) in [6.07, 6.45) is 0. The Kier molecular flexibility index (Phi) is 4.67. The van der Waals surface area contributed by atoms with Gasteiger partial charge in [-0.15, -0.1) is 0 Å². The highest BCUT2D eigenvalue weighted by Crippen LogP contribution is 2.25. The number of fused-ring (bicyclic) bond motifs is 2. The lowest BCUT2D eigenvalue weighted by Gasteiger charge is -2.10. The maximum Gasteiger partial charge on any atom is 0.314 e. The first-order valence-corrected chi connectivity index (χ1v) is 9.26. The first-order chi connectivity index (χ1) is 14.3. The number of rotatable bonds is 2. The molecule has 0 fully saturated rings. The van der Waals surface area contributed by atoms with Crippen LogP contribution in [0.1, 0.15) is 11.4 Å².